The van der Waals surface area contributed by atoms with Crippen LogP contribution in [-0.4, -0.2) is 33.7 Å². The monoisotopic (exact) mass is 399 g/mol. The molecule has 118 valence electrons. The van der Waals surface area contributed by atoms with Crippen molar-refractivity contribution in [3.8, 4) is 22.6 Å². The average Bonchev–Trinajstić information content (AvgIpc) is 2.48. The molecule has 0 aromatic heterocycles. The molecular formula is C15H9MoO7-. The number of hydrogen-bond donors (Lipinski definition) is 3. The fraction of sp³-hybridized carbons (Fsp3) is 0. The quantitative estimate of drug-likeness (QED) is 0.521. The molecule has 0 bridgehead atoms. The molecular weight excluding hydrogens is 388 g/mol. The Kier molecular flexibility index (Phi) is 6.04. The minimum Gasteiger partial charge on any atom is -0.609 e. The Morgan fingerprint density at radius 3 is 1.96 bits per heavy atom. The molecule has 7 nitrogen and oxygen atoms in total. The van der Waals surface area contributed by atoms with E-state index in [1.54, 1.807) is 0 Å². The minimum absolute atomic E-state index is 0. The Morgan fingerprint density at radius 1 is 0.913 bits per heavy atom. The summed E-state index contributed by atoms with van der Waals surface area (Å²) in [5, 5.41) is 27.6. The molecule has 2 rings (SSSR count). The van der Waals surface area contributed by atoms with Crippen molar-refractivity contribution < 1.29 is 55.5 Å². The number of carbonyl (C=O) groups is 2. The average molecular weight is 397 g/mol. The van der Waals surface area contributed by atoms with Crippen molar-refractivity contribution in [3.05, 3.63) is 47.5 Å². The first kappa shape index (κ1) is 18.4. The van der Waals surface area contributed by atoms with Gasteiger partial charge in [-0.3, -0.25) is 0 Å². The zero-order chi connectivity index (χ0) is 16.3. The molecule has 23 heavy (non-hydrogen) atoms. The molecule has 0 amide bonds. The van der Waals surface area contributed by atoms with Gasteiger partial charge in [-0.25, -0.2) is 9.59 Å². The summed E-state index contributed by atoms with van der Waals surface area (Å²) in [6.07, 6.45) is 0. The summed E-state index contributed by atoms with van der Waals surface area (Å²) in [7, 11) is 0. The molecule has 8 heteroatoms. The van der Waals surface area contributed by atoms with E-state index in [0.29, 0.717) is 11.1 Å². The van der Waals surface area contributed by atoms with Gasteiger partial charge in [0.05, 0.1) is 0 Å². The van der Waals surface area contributed by atoms with Gasteiger partial charge in [0, 0.05) is 26.6 Å². The van der Waals surface area contributed by atoms with Gasteiger partial charge in [0.25, 0.3) is 0 Å². The normalized spacial score (nSPS) is 9.57. The van der Waals surface area contributed by atoms with Crippen LogP contribution in [0.2, 0.25) is 0 Å². The second-order valence-corrected chi connectivity index (χ2v) is 4.24. The molecule has 0 atom stereocenters. The third-order valence-electron chi connectivity index (χ3n) is 2.92. The summed E-state index contributed by atoms with van der Waals surface area (Å²) in [5.41, 5.74) is 0.194. The van der Waals surface area contributed by atoms with Crippen LogP contribution in [0.3, 0.4) is 0 Å². The van der Waals surface area contributed by atoms with E-state index in [1.165, 1.54) is 36.4 Å². The van der Waals surface area contributed by atoms with Crippen LogP contribution in [-0.2, 0) is 25.9 Å². The van der Waals surface area contributed by atoms with Crippen molar-refractivity contribution in [2.45, 2.75) is 0 Å². The van der Waals surface area contributed by atoms with Crippen molar-refractivity contribution in [2.75, 3.05) is 0 Å². The number of ether oxygens (including phenoxy) is 1. The van der Waals surface area contributed by atoms with E-state index >= 15 is 0 Å². The van der Waals surface area contributed by atoms with Gasteiger partial charge >= 0.3 is 11.9 Å². The van der Waals surface area contributed by atoms with E-state index in [2.05, 4.69) is 4.74 Å². The maximum atomic E-state index is 11.2. The maximum Gasteiger partial charge on any atom is 0.339 e. The fourth-order valence-corrected chi connectivity index (χ4v) is 1.90. The summed E-state index contributed by atoms with van der Waals surface area (Å²) in [6.45, 7) is 1.15. The van der Waals surface area contributed by atoms with Crippen LogP contribution in [0.4, 0.5) is 0 Å². The molecule has 0 spiro atoms. The van der Waals surface area contributed by atoms with Crippen molar-refractivity contribution in [2.24, 2.45) is 0 Å². The predicted molar refractivity (Wildman–Crippen MR) is 73.8 cm³/mol. The summed E-state index contributed by atoms with van der Waals surface area (Å²) in [5.74, 6) is -3.20. The topological polar surface area (TPSA) is 121 Å². The molecule has 2 aromatic carbocycles. The van der Waals surface area contributed by atoms with Crippen molar-refractivity contribution in [1.29, 1.82) is 0 Å². The minimum atomic E-state index is -1.32. The number of aromatic carboxylic acids is 2. The van der Waals surface area contributed by atoms with Crippen LogP contribution >= 0.6 is 0 Å². The first-order valence-corrected chi connectivity index (χ1v) is 5.92. The van der Waals surface area contributed by atoms with E-state index in [-0.39, 0.29) is 37.9 Å². The number of aromatic hydroxyl groups is 1. The largest absolute Gasteiger partial charge is 0.609 e. The second kappa shape index (κ2) is 7.56. The molecule has 0 fully saturated rings. The van der Waals surface area contributed by atoms with Gasteiger partial charge < -0.3 is 24.9 Å². The first-order chi connectivity index (χ1) is 10.4. The summed E-state index contributed by atoms with van der Waals surface area (Å²) >= 11 is 0. The molecule has 0 aliphatic carbocycles. The molecule has 3 N–H and O–H groups in total. The SMILES string of the molecule is O=[C-]Oc1ccc(-c2ccc(O)c(C(=O)O)c2)cc1C(=O)O.[Mo]. The summed E-state index contributed by atoms with van der Waals surface area (Å²) in [4.78, 5) is 32.4. The molecule has 0 unspecified atom stereocenters. The van der Waals surface area contributed by atoms with Gasteiger partial charge in [-0.2, -0.15) is 0 Å². The van der Waals surface area contributed by atoms with Crippen LogP contribution in [0.5, 0.6) is 11.5 Å². The van der Waals surface area contributed by atoms with Crippen LogP contribution in [0.1, 0.15) is 20.7 Å². The Morgan fingerprint density at radius 2 is 1.43 bits per heavy atom. The fourth-order valence-electron chi connectivity index (χ4n) is 1.90. The molecule has 0 saturated carbocycles. The second-order valence-electron chi connectivity index (χ2n) is 4.24. The molecule has 2 aromatic rings. The summed E-state index contributed by atoms with van der Waals surface area (Å²) < 4.78 is 4.45. The molecule has 0 aliphatic rings. The Balaban J connectivity index is 0.00000264. The molecule has 0 aliphatic heterocycles. The Labute approximate surface area is 144 Å². The number of benzene rings is 2. The van der Waals surface area contributed by atoms with E-state index in [4.69, 9.17) is 10.2 Å². The molecule has 0 radical (unpaired) electrons. The Hall–Kier alpha value is -2.66. The third-order valence-corrected chi connectivity index (χ3v) is 2.92. The van der Waals surface area contributed by atoms with E-state index in [0.717, 1.165) is 6.47 Å². The van der Waals surface area contributed by atoms with Crippen LogP contribution < -0.4 is 4.74 Å². The number of carboxylic acids is 2. The van der Waals surface area contributed by atoms with Gasteiger partial charge in [-0.1, -0.05) is 18.2 Å². The van der Waals surface area contributed by atoms with Gasteiger partial charge in [-0.05, 0) is 29.0 Å². The van der Waals surface area contributed by atoms with Gasteiger partial charge in [-0.15, -0.1) is 6.07 Å². The third kappa shape index (κ3) is 3.96. The van der Waals surface area contributed by atoms with Gasteiger partial charge in [0.15, 0.2) is 6.47 Å². The smallest absolute Gasteiger partial charge is 0.339 e. The Bertz CT molecular complexity index is 770. The van der Waals surface area contributed by atoms with Crippen LogP contribution in [0, 0.1) is 0 Å². The first-order valence-electron chi connectivity index (χ1n) is 5.92. The number of carbonyl (C=O) groups excluding carboxylic acids is 1. The van der Waals surface area contributed by atoms with E-state index < -0.39 is 17.7 Å². The number of rotatable bonds is 5. The molecule has 0 saturated heterocycles. The van der Waals surface area contributed by atoms with Crippen molar-refractivity contribution in [3.63, 3.8) is 0 Å². The predicted octanol–water partition coefficient (Wildman–Crippen LogP) is 1.90. The van der Waals surface area contributed by atoms with Crippen molar-refractivity contribution >= 4 is 18.4 Å². The van der Waals surface area contributed by atoms with Crippen molar-refractivity contribution in [1.82, 2.24) is 0 Å². The number of carboxylic acid groups (broad SMARTS) is 2. The van der Waals surface area contributed by atoms with Gasteiger partial charge in [0.2, 0.25) is 0 Å². The maximum absolute atomic E-state index is 11.2. The van der Waals surface area contributed by atoms with Crippen LogP contribution in [0.25, 0.3) is 11.1 Å². The standard InChI is InChI=1S/C15H9O7.Mo/c16-7-22-13-4-2-9(6-11(13)15(20)21)8-1-3-12(17)10(5-8)14(18)19;/h1-6,17H,(H,18,19)(H,20,21);/q-1;. The zero-order valence-corrected chi connectivity index (χ0v) is 13.4. The van der Waals surface area contributed by atoms with E-state index in [1.807, 2.05) is 0 Å². The van der Waals surface area contributed by atoms with Crippen LogP contribution in [0.15, 0.2) is 36.4 Å². The summed E-state index contributed by atoms with van der Waals surface area (Å²) in [6, 6.07) is 7.80. The zero-order valence-electron chi connectivity index (χ0n) is 11.3. The van der Waals surface area contributed by atoms with E-state index in [9.17, 15) is 19.5 Å². The molecule has 0 heterocycles. The number of hydrogen-bond acceptors (Lipinski definition) is 5. The number of phenols is 1. The van der Waals surface area contributed by atoms with Gasteiger partial charge in [0.1, 0.15) is 11.3 Å².